The van der Waals surface area contributed by atoms with Gasteiger partial charge >= 0.3 is 0 Å². The highest BCUT2D eigenvalue weighted by atomic mass is 32.1. The zero-order valence-corrected chi connectivity index (χ0v) is 14.4. The molecule has 0 radical (unpaired) electrons. The van der Waals surface area contributed by atoms with Crippen LogP contribution in [0.15, 0.2) is 24.0 Å². The van der Waals surface area contributed by atoms with Gasteiger partial charge in [0.15, 0.2) is 5.11 Å². The number of rotatable bonds is 0. The quantitative estimate of drug-likeness (QED) is 0.253. The molecule has 2 fully saturated rings. The summed E-state index contributed by atoms with van der Waals surface area (Å²) in [5.41, 5.74) is 0.917. The van der Waals surface area contributed by atoms with Crippen LogP contribution in [0.3, 0.4) is 0 Å². The standard InChI is InChI=1S/C17H14N4O4S/c22-11-2-5-17(15(25)19-11)4-1-8(9-7-18-6-3-10(9)17)12-13(23)20-16(26)21-14(12)24/h3,6-7H,1-2,4-5H2,(H,19,22,25)(H2,20,21,23,24,26). The number of aromatic nitrogens is 1. The number of hydrogen-bond acceptors (Lipinski definition) is 6. The van der Waals surface area contributed by atoms with E-state index in [-0.39, 0.29) is 28.9 Å². The lowest BCUT2D eigenvalue weighted by Crippen LogP contribution is -2.54. The Morgan fingerprint density at radius 2 is 1.69 bits per heavy atom. The highest BCUT2D eigenvalue weighted by Crippen LogP contribution is 2.47. The van der Waals surface area contributed by atoms with E-state index in [1.807, 2.05) is 0 Å². The molecule has 1 spiro atoms. The average Bonchev–Trinajstić information content (AvgIpc) is 2.59. The molecule has 9 heteroatoms. The van der Waals surface area contributed by atoms with Crippen LogP contribution >= 0.6 is 12.2 Å². The Kier molecular flexibility index (Phi) is 3.69. The third-order valence-corrected chi connectivity index (χ3v) is 5.34. The molecule has 2 aliphatic heterocycles. The Morgan fingerprint density at radius 1 is 1.00 bits per heavy atom. The maximum atomic E-state index is 12.7. The number of allylic oxidation sites excluding steroid dienone is 1. The first-order valence-corrected chi connectivity index (χ1v) is 8.52. The molecular formula is C17H14N4O4S. The third-order valence-electron chi connectivity index (χ3n) is 5.14. The lowest BCUT2D eigenvalue weighted by atomic mass is 9.64. The fourth-order valence-electron chi connectivity index (χ4n) is 3.90. The van der Waals surface area contributed by atoms with Crippen LogP contribution in [0.1, 0.15) is 36.8 Å². The minimum Gasteiger partial charge on any atom is -0.299 e. The lowest BCUT2D eigenvalue weighted by molar-refractivity contribution is -0.138. The summed E-state index contributed by atoms with van der Waals surface area (Å²) in [4.78, 5) is 53.0. The molecule has 3 aliphatic rings. The fourth-order valence-corrected chi connectivity index (χ4v) is 4.09. The van der Waals surface area contributed by atoms with Gasteiger partial charge in [-0.2, -0.15) is 0 Å². The SMILES string of the molecule is O=C1CCC2(CCC(=C3C(=O)NC(=S)NC3=O)c3cnccc32)C(=O)N1. The van der Waals surface area contributed by atoms with E-state index in [1.165, 1.54) is 0 Å². The molecule has 2 saturated heterocycles. The van der Waals surface area contributed by atoms with Crippen LogP contribution in [0.25, 0.3) is 5.57 Å². The van der Waals surface area contributed by atoms with Gasteiger partial charge in [-0.15, -0.1) is 0 Å². The molecule has 1 atom stereocenters. The molecule has 1 aromatic rings. The Bertz CT molecular complexity index is 916. The maximum Gasteiger partial charge on any atom is 0.263 e. The molecule has 1 aliphatic carbocycles. The number of thiocarbonyl (C=S) groups is 1. The van der Waals surface area contributed by atoms with Crippen molar-refractivity contribution in [1.29, 1.82) is 0 Å². The number of nitrogens with one attached hydrogen (secondary N) is 3. The number of pyridine rings is 1. The smallest absolute Gasteiger partial charge is 0.263 e. The van der Waals surface area contributed by atoms with E-state index >= 15 is 0 Å². The van der Waals surface area contributed by atoms with Gasteiger partial charge in [0.2, 0.25) is 11.8 Å². The second kappa shape index (κ2) is 5.80. The van der Waals surface area contributed by atoms with Crippen molar-refractivity contribution in [2.24, 2.45) is 0 Å². The molecule has 132 valence electrons. The van der Waals surface area contributed by atoms with Crippen molar-refractivity contribution in [2.75, 3.05) is 0 Å². The van der Waals surface area contributed by atoms with Crippen molar-refractivity contribution in [2.45, 2.75) is 31.1 Å². The van der Waals surface area contributed by atoms with Gasteiger partial charge in [-0.1, -0.05) is 0 Å². The summed E-state index contributed by atoms with van der Waals surface area (Å²) >= 11 is 4.83. The van der Waals surface area contributed by atoms with Gasteiger partial charge < -0.3 is 0 Å². The van der Waals surface area contributed by atoms with E-state index in [0.717, 1.165) is 0 Å². The third kappa shape index (κ3) is 2.35. The summed E-state index contributed by atoms with van der Waals surface area (Å²) in [6.07, 6.45) is 4.48. The number of hydrogen-bond donors (Lipinski definition) is 3. The topological polar surface area (TPSA) is 117 Å². The molecular weight excluding hydrogens is 356 g/mol. The van der Waals surface area contributed by atoms with Crippen molar-refractivity contribution >= 4 is 46.5 Å². The van der Waals surface area contributed by atoms with Crippen LogP contribution in [0.4, 0.5) is 0 Å². The maximum absolute atomic E-state index is 12.7. The highest BCUT2D eigenvalue weighted by molar-refractivity contribution is 7.80. The largest absolute Gasteiger partial charge is 0.299 e. The summed E-state index contributed by atoms with van der Waals surface area (Å²) in [7, 11) is 0. The first-order valence-electron chi connectivity index (χ1n) is 8.11. The Morgan fingerprint density at radius 3 is 2.38 bits per heavy atom. The molecule has 3 N–H and O–H groups in total. The van der Waals surface area contributed by atoms with Gasteiger partial charge in [0.05, 0.1) is 5.41 Å². The number of imide groups is 1. The van der Waals surface area contributed by atoms with E-state index in [1.54, 1.807) is 18.5 Å². The molecule has 0 aromatic carbocycles. The van der Waals surface area contributed by atoms with Crippen LogP contribution in [-0.2, 0) is 24.6 Å². The number of carbonyl (C=O) groups excluding carboxylic acids is 4. The monoisotopic (exact) mass is 370 g/mol. The molecule has 26 heavy (non-hydrogen) atoms. The molecule has 0 bridgehead atoms. The fraction of sp³-hybridized carbons (Fsp3) is 0.294. The number of carbonyl (C=O) groups is 4. The second-order valence-electron chi connectivity index (χ2n) is 6.47. The number of nitrogens with zero attached hydrogens (tertiary/aromatic N) is 1. The predicted molar refractivity (Wildman–Crippen MR) is 93.3 cm³/mol. The Balaban J connectivity index is 1.88. The van der Waals surface area contributed by atoms with Crippen molar-refractivity contribution < 1.29 is 19.2 Å². The van der Waals surface area contributed by atoms with Crippen LogP contribution in [0.2, 0.25) is 0 Å². The van der Waals surface area contributed by atoms with Gasteiger partial charge in [0.1, 0.15) is 5.57 Å². The van der Waals surface area contributed by atoms with Crippen molar-refractivity contribution in [3.05, 3.63) is 35.2 Å². The van der Waals surface area contributed by atoms with E-state index in [0.29, 0.717) is 36.0 Å². The zero-order valence-electron chi connectivity index (χ0n) is 13.5. The molecule has 3 heterocycles. The number of fused-ring (bicyclic) bond motifs is 2. The van der Waals surface area contributed by atoms with E-state index in [9.17, 15) is 19.2 Å². The zero-order chi connectivity index (χ0) is 18.5. The van der Waals surface area contributed by atoms with Crippen LogP contribution in [0, 0.1) is 0 Å². The van der Waals surface area contributed by atoms with Gasteiger partial charge in [0, 0.05) is 24.4 Å². The van der Waals surface area contributed by atoms with Crippen molar-refractivity contribution in [3.63, 3.8) is 0 Å². The van der Waals surface area contributed by atoms with Crippen LogP contribution in [-0.4, -0.2) is 33.7 Å². The minimum absolute atomic E-state index is 0.0185. The van der Waals surface area contributed by atoms with Crippen LogP contribution < -0.4 is 16.0 Å². The summed E-state index contributed by atoms with van der Waals surface area (Å²) in [5.74, 6) is -1.77. The van der Waals surface area contributed by atoms with E-state index < -0.39 is 17.2 Å². The van der Waals surface area contributed by atoms with Crippen LogP contribution in [0.5, 0.6) is 0 Å². The van der Waals surface area contributed by atoms with Gasteiger partial charge in [-0.05, 0) is 48.7 Å². The average molecular weight is 370 g/mol. The van der Waals surface area contributed by atoms with Crippen molar-refractivity contribution in [3.8, 4) is 0 Å². The minimum atomic E-state index is -0.854. The lowest BCUT2D eigenvalue weighted by Gasteiger charge is -2.41. The first kappa shape index (κ1) is 16.5. The number of piperidine rings is 1. The van der Waals surface area contributed by atoms with Crippen molar-refractivity contribution in [1.82, 2.24) is 20.9 Å². The number of amides is 4. The Hall–Kier alpha value is -2.94. The first-order chi connectivity index (χ1) is 12.4. The highest BCUT2D eigenvalue weighted by Gasteiger charge is 2.48. The Labute approximate surface area is 153 Å². The van der Waals surface area contributed by atoms with E-state index in [2.05, 4.69) is 20.9 Å². The van der Waals surface area contributed by atoms with Gasteiger partial charge in [0.25, 0.3) is 11.8 Å². The molecule has 4 rings (SSSR count). The molecule has 0 saturated carbocycles. The summed E-state index contributed by atoms with van der Waals surface area (Å²) in [6, 6.07) is 1.72. The second-order valence-corrected chi connectivity index (χ2v) is 6.88. The molecule has 1 aromatic heterocycles. The normalized spacial score (nSPS) is 25.6. The van der Waals surface area contributed by atoms with Gasteiger partial charge in [-0.3, -0.25) is 40.1 Å². The molecule has 1 unspecified atom stereocenters. The van der Waals surface area contributed by atoms with E-state index in [4.69, 9.17) is 12.2 Å². The summed E-state index contributed by atoms with van der Waals surface area (Å²) < 4.78 is 0. The van der Waals surface area contributed by atoms with Gasteiger partial charge in [-0.25, -0.2) is 0 Å². The summed E-state index contributed by atoms with van der Waals surface area (Å²) in [5, 5.41) is 7.24. The predicted octanol–water partition coefficient (Wildman–Crippen LogP) is -0.166. The summed E-state index contributed by atoms with van der Waals surface area (Å²) in [6.45, 7) is 0. The molecule has 4 amide bonds. The molecule has 8 nitrogen and oxygen atoms in total.